The minimum Gasteiger partial charge on any atom is -0.508 e. The summed E-state index contributed by atoms with van der Waals surface area (Å²) in [6, 6.07) is 3.87. The van der Waals surface area contributed by atoms with Gasteiger partial charge in [-0.25, -0.2) is 0 Å². The van der Waals surface area contributed by atoms with Crippen molar-refractivity contribution >= 4 is 11.7 Å². The van der Waals surface area contributed by atoms with Crippen LogP contribution in [-0.4, -0.2) is 39.9 Å². The normalized spacial score (nSPS) is 19.9. The average Bonchev–Trinajstić information content (AvgIpc) is 2.32. The summed E-state index contributed by atoms with van der Waals surface area (Å²) in [5.41, 5.74) is 0.148. The molecule has 1 saturated heterocycles. The van der Waals surface area contributed by atoms with E-state index in [9.17, 15) is 19.8 Å². The Bertz CT molecular complexity index is 498. The van der Waals surface area contributed by atoms with E-state index in [1.807, 2.05) is 0 Å². The van der Waals surface area contributed by atoms with Crippen LogP contribution >= 0.6 is 0 Å². The van der Waals surface area contributed by atoms with Crippen LogP contribution < -0.4 is 0 Å². The Labute approximate surface area is 105 Å². The zero-order valence-corrected chi connectivity index (χ0v) is 10.1. The minimum atomic E-state index is -0.313. The molecule has 1 atom stereocenters. The van der Waals surface area contributed by atoms with Gasteiger partial charge in [0.05, 0.1) is 5.56 Å². The number of benzene rings is 1. The lowest BCUT2D eigenvalue weighted by atomic mass is 9.98. The zero-order valence-electron chi connectivity index (χ0n) is 10.1. The first-order valence-corrected chi connectivity index (χ1v) is 5.83. The van der Waals surface area contributed by atoms with Gasteiger partial charge in [-0.3, -0.25) is 9.59 Å². The molecule has 2 rings (SSSR count). The van der Waals surface area contributed by atoms with Crippen LogP contribution in [0.3, 0.4) is 0 Å². The summed E-state index contributed by atoms with van der Waals surface area (Å²) in [4.78, 5) is 25.1. The predicted octanol–water partition coefficient (Wildman–Crippen LogP) is 1.15. The molecule has 96 valence electrons. The summed E-state index contributed by atoms with van der Waals surface area (Å²) < 4.78 is 0. The van der Waals surface area contributed by atoms with Gasteiger partial charge in [0, 0.05) is 31.5 Å². The molecular weight excluding hydrogens is 234 g/mol. The maximum absolute atomic E-state index is 12.2. The van der Waals surface area contributed by atoms with Gasteiger partial charge in [-0.15, -0.1) is 0 Å². The van der Waals surface area contributed by atoms with E-state index in [0.717, 1.165) is 6.07 Å². The smallest absolute Gasteiger partial charge is 0.257 e. The predicted molar refractivity (Wildman–Crippen MR) is 64.5 cm³/mol. The van der Waals surface area contributed by atoms with Crippen molar-refractivity contribution in [2.45, 2.75) is 13.3 Å². The van der Waals surface area contributed by atoms with E-state index in [4.69, 9.17) is 0 Å². The zero-order chi connectivity index (χ0) is 13.3. The van der Waals surface area contributed by atoms with Crippen molar-refractivity contribution in [2.24, 2.45) is 5.92 Å². The molecule has 0 saturated carbocycles. The van der Waals surface area contributed by atoms with E-state index in [2.05, 4.69) is 0 Å². The molecule has 1 aromatic rings. The van der Waals surface area contributed by atoms with Crippen molar-refractivity contribution in [3.05, 3.63) is 23.8 Å². The molecule has 1 aromatic carbocycles. The lowest BCUT2D eigenvalue weighted by Crippen LogP contribution is -2.43. The summed E-state index contributed by atoms with van der Waals surface area (Å²) in [6.07, 6.45) is 0.353. The molecule has 1 fully saturated rings. The summed E-state index contributed by atoms with van der Waals surface area (Å²) in [5.74, 6) is -0.654. The Hall–Kier alpha value is -2.04. The second-order valence-corrected chi connectivity index (χ2v) is 4.57. The molecule has 1 amide bonds. The monoisotopic (exact) mass is 249 g/mol. The van der Waals surface area contributed by atoms with Gasteiger partial charge in [-0.1, -0.05) is 6.92 Å². The SMILES string of the molecule is CC1CN(C(=O)c2ccc(O)cc2O)CCC1=O. The number of nitrogens with zero attached hydrogens (tertiary/aromatic N) is 1. The maximum atomic E-state index is 12.2. The van der Waals surface area contributed by atoms with Crippen LogP contribution in [0.5, 0.6) is 11.5 Å². The third-order valence-electron chi connectivity index (χ3n) is 3.17. The highest BCUT2D eigenvalue weighted by Crippen LogP contribution is 2.25. The Morgan fingerprint density at radius 3 is 2.72 bits per heavy atom. The Morgan fingerprint density at radius 1 is 1.39 bits per heavy atom. The van der Waals surface area contributed by atoms with Crippen LogP contribution in [0, 0.1) is 5.92 Å². The number of carbonyl (C=O) groups is 2. The lowest BCUT2D eigenvalue weighted by molar-refractivity contribution is -0.124. The molecule has 1 aliphatic heterocycles. The number of likely N-dealkylation sites (tertiary alicyclic amines) is 1. The molecule has 5 nitrogen and oxygen atoms in total. The number of amides is 1. The summed E-state index contributed by atoms with van der Waals surface area (Å²) in [6.45, 7) is 2.54. The number of Topliss-reactive ketones (excluding diaryl/α,β-unsaturated/α-hetero) is 1. The van der Waals surface area contributed by atoms with E-state index in [1.165, 1.54) is 12.1 Å². The van der Waals surface area contributed by atoms with Gasteiger partial charge < -0.3 is 15.1 Å². The summed E-state index contributed by atoms with van der Waals surface area (Å²) in [5, 5.41) is 18.8. The number of hydrogen-bond acceptors (Lipinski definition) is 4. The molecule has 0 aliphatic carbocycles. The highest BCUT2D eigenvalue weighted by molar-refractivity contribution is 5.98. The quantitative estimate of drug-likeness (QED) is 0.782. The molecule has 0 spiro atoms. The number of rotatable bonds is 1. The molecular formula is C13H15NO4. The lowest BCUT2D eigenvalue weighted by Gasteiger charge is -2.30. The van der Waals surface area contributed by atoms with E-state index in [-0.39, 0.29) is 34.7 Å². The van der Waals surface area contributed by atoms with Crippen LogP contribution in [-0.2, 0) is 4.79 Å². The summed E-state index contributed by atoms with van der Waals surface area (Å²) >= 11 is 0. The standard InChI is InChI=1S/C13H15NO4/c1-8-7-14(5-4-11(8)16)13(18)10-3-2-9(15)6-12(10)17/h2-3,6,8,15,17H,4-5,7H2,1H3. The van der Waals surface area contributed by atoms with Gasteiger partial charge in [0.15, 0.2) is 0 Å². The number of aromatic hydroxyl groups is 2. The first-order chi connectivity index (χ1) is 8.49. The number of phenols is 2. The van der Waals surface area contributed by atoms with E-state index in [0.29, 0.717) is 19.5 Å². The fourth-order valence-corrected chi connectivity index (χ4v) is 2.07. The van der Waals surface area contributed by atoms with E-state index < -0.39 is 0 Å². The highest BCUT2D eigenvalue weighted by atomic mass is 16.3. The molecule has 1 unspecified atom stereocenters. The van der Waals surface area contributed by atoms with Crippen LogP contribution in [0.4, 0.5) is 0 Å². The van der Waals surface area contributed by atoms with Crippen LogP contribution in [0.2, 0.25) is 0 Å². The van der Waals surface area contributed by atoms with Crippen LogP contribution in [0.15, 0.2) is 18.2 Å². The van der Waals surface area contributed by atoms with Gasteiger partial charge in [0.2, 0.25) is 0 Å². The van der Waals surface area contributed by atoms with Crippen molar-refractivity contribution in [2.75, 3.05) is 13.1 Å². The molecule has 0 aromatic heterocycles. The number of carbonyl (C=O) groups excluding carboxylic acids is 2. The first kappa shape index (κ1) is 12.4. The topological polar surface area (TPSA) is 77.8 Å². The van der Waals surface area contributed by atoms with Crippen LogP contribution in [0.25, 0.3) is 0 Å². The Kier molecular flexibility index (Phi) is 3.23. The van der Waals surface area contributed by atoms with Crippen molar-refractivity contribution in [1.29, 1.82) is 0 Å². The number of phenolic OH excluding ortho intramolecular Hbond substituents is 2. The van der Waals surface area contributed by atoms with Gasteiger partial charge in [0.25, 0.3) is 5.91 Å². The molecule has 0 bridgehead atoms. The Balaban J connectivity index is 2.19. The van der Waals surface area contributed by atoms with E-state index >= 15 is 0 Å². The third-order valence-corrected chi connectivity index (χ3v) is 3.17. The third kappa shape index (κ3) is 2.30. The van der Waals surface area contributed by atoms with Crippen LogP contribution in [0.1, 0.15) is 23.7 Å². The molecule has 2 N–H and O–H groups in total. The highest BCUT2D eigenvalue weighted by Gasteiger charge is 2.28. The first-order valence-electron chi connectivity index (χ1n) is 5.83. The molecule has 1 heterocycles. The van der Waals surface area contributed by atoms with E-state index in [1.54, 1.807) is 11.8 Å². The largest absolute Gasteiger partial charge is 0.508 e. The molecule has 18 heavy (non-hydrogen) atoms. The molecule has 5 heteroatoms. The molecule has 0 radical (unpaired) electrons. The van der Waals surface area contributed by atoms with Crippen molar-refractivity contribution in [1.82, 2.24) is 4.90 Å². The second-order valence-electron chi connectivity index (χ2n) is 4.57. The Morgan fingerprint density at radius 2 is 2.11 bits per heavy atom. The van der Waals surface area contributed by atoms with Crippen molar-refractivity contribution in [3.63, 3.8) is 0 Å². The van der Waals surface area contributed by atoms with Gasteiger partial charge in [-0.2, -0.15) is 0 Å². The molecule has 1 aliphatic rings. The second kappa shape index (κ2) is 4.68. The van der Waals surface area contributed by atoms with Gasteiger partial charge >= 0.3 is 0 Å². The fourth-order valence-electron chi connectivity index (χ4n) is 2.07. The number of ketones is 1. The van der Waals surface area contributed by atoms with Crippen molar-refractivity contribution < 1.29 is 19.8 Å². The number of piperidine rings is 1. The number of hydrogen-bond donors (Lipinski definition) is 2. The van der Waals surface area contributed by atoms with Gasteiger partial charge in [-0.05, 0) is 12.1 Å². The fraction of sp³-hybridized carbons (Fsp3) is 0.385. The minimum absolute atomic E-state index is 0.0914. The maximum Gasteiger partial charge on any atom is 0.257 e. The van der Waals surface area contributed by atoms with Crippen molar-refractivity contribution in [3.8, 4) is 11.5 Å². The van der Waals surface area contributed by atoms with Gasteiger partial charge in [0.1, 0.15) is 17.3 Å². The average molecular weight is 249 g/mol. The summed E-state index contributed by atoms with van der Waals surface area (Å²) in [7, 11) is 0.